The Bertz CT molecular complexity index is 637. The summed E-state index contributed by atoms with van der Waals surface area (Å²) in [5.74, 6) is 0.0613. The second-order valence-corrected chi connectivity index (χ2v) is 6.55. The van der Waals surface area contributed by atoms with E-state index in [4.69, 9.17) is 0 Å². The summed E-state index contributed by atoms with van der Waals surface area (Å²) in [5.41, 5.74) is 1.11. The molecule has 2 rings (SSSR count). The highest BCUT2D eigenvalue weighted by Crippen LogP contribution is 2.32. The number of nitrogens with zero attached hydrogens (tertiary/aromatic N) is 2. The molecule has 6 heteroatoms. The van der Waals surface area contributed by atoms with E-state index in [0.717, 1.165) is 15.8 Å². The van der Waals surface area contributed by atoms with Crippen LogP contribution in [-0.2, 0) is 4.79 Å². The SMILES string of the molecule is Cc1sc2ncnc(N[C@@H](CC(C)C)C(=O)O)c2c1C. The van der Waals surface area contributed by atoms with Crippen molar-refractivity contribution in [1.82, 2.24) is 9.97 Å². The highest BCUT2D eigenvalue weighted by Gasteiger charge is 2.21. The number of carboxylic acid groups (broad SMARTS) is 1. The fourth-order valence-corrected chi connectivity index (χ4v) is 3.15. The van der Waals surface area contributed by atoms with E-state index in [9.17, 15) is 9.90 Å². The first-order valence-electron chi connectivity index (χ1n) is 6.60. The van der Waals surface area contributed by atoms with E-state index in [1.807, 2.05) is 27.7 Å². The van der Waals surface area contributed by atoms with Gasteiger partial charge in [0.15, 0.2) is 0 Å². The number of aryl methyl sites for hydroxylation is 2. The molecule has 0 aliphatic carbocycles. The summed E-state index contributed by atoms with van der Waals surface area (Å²) in [4.78, 5) is 21.9. The fourth-order valence-electron chi connectivity index (χ4n) is 2.15. The molecule has 0 fully saturated rings. The van der Waals surface area contributed by atoms with Crippen LogP contribution in [0.25, 0.3) is 10.2 Å². The Balaban J connectivity index is 2.39. The second kappa shape index (κ2) is 5.75. The lowest BCUT2D eigenvalue weighted by Crippen LogP contribution is -2.31. The van der Waals surface area contributed by atoms with Crippen molar-refractivity contribution in [1.29, 1.82) is 0 Å². The molecule has 1 atom stereocenters. The number of aliphatic carboxylic acids is 1. The van der Waals surface area contributed by atoms with Gasteiger partial charge in [0.05, 0.1) is 5.39 Å². The number of carboxylic acids is 1. The maximum atomic E-state index is 11.4. The summed E-state index contributed by atoms with van der Waals surface area (Å²) in [6, 6.07) is -0.632. The topological polar surface area (TPSA) is 75.1 Å². The Morgan fingerprint density at radius 2 is 2.10 bits per heavy atom. The van der Waals surface area contributed by atoms with Gasteiger partial charge < -0.3 is 10.4 Å². The third-order valence-corrected chi connectivity index (χ3v) is 4.40. The van der Waals surface area contributed by atoms with Crippen LogP contribution in [0.1, 0.15) is 30.7 Å². The summed E-state index contributed by atoms with van der Waals surface area (Å²) < 4.78 is 0. The van der Waals surface area contributed by atoms with E-state index >= 15 is 0 Å². The van der Waals surface area contributed by atoms with Crippen molar-refractivity contribution in [3.05, 3.63) is 16.8 Å². The minimum absolute atomic E-state index is 0.297. The van der Waals surface area contributed by atoms with Gasteiger partial charge in [-0.05, 0) is 31.7 Å². The highest BCUT2D eigenvalue weighted by molar-refractivity contribution is 7.18. The molecule has 0 saturated heterocycles. The Labute approximate surface area is 122 Å². The number of hydrogen-bond acceptors (Lipinski definition) is 5. The maximum Gasteiger partial charge on any atom is 0.326 e. The van der Waals surface area contributed by atoms with Crippen LogP contribution >= 0.6 is 11.3 Å². The lowest BCUT2D eigenvalue weighted by molar-refractivity contribution is -0.138. The second-order valence-electron chi connectivity index (χ2n) is 5.35. The van der Waals surface area contributed by atoms with Gasteiger partial charge >= 0.3 is 5.97 Å². The Morgan fingerprint density at radius 3 is 2.70 bits per heavy atom. The molecule has 0 unspecified atom stereocenters. The van der Waals surface area contributed by atoms with Crippen molar-refractivity contribution in [2.24, 2.45) is 5.92 Å². The van der Waals surface area contributed by atoms with Gasteiger partial charge in [0, 0.05) is 4.88 Å². The minimum Gasteiger partial charge on any atom is -0.480 e. The zero-order valence-electron chi connectivity index (χ0n) is 12.1. The predicted molar refractivity (Wildman–Crippen MR) is 81.4 cm³/mol. The van der Waals surface area contributed by atoms with Crippen LogP contribution in [0.2, 0.25) is 0 Å². The van der Waals surface area contributed by atoms with Crippen molar-refractivity contribution in [2.75, 3.05) is 5.32 Å². The Morgan fingerprint density at radius 1 is 1.40 bits per heavy atom. The predicted octanol–water partition coefficient (Wildman–Crippen LogP) is 3.22. The molecule has 5 nitrogen and oxygen atoms in total. The van der Waals surface area contributed by atoms with Gasteiger partial charge in [-0.1, -0.05) is 13.8 Å². The molecule has 20 heavy (non-hydrogen) atoms. The summed E-state index contributed by atoms with van der Waals surface area (Å²) >= 11 is 1.60. The molecule has 0 bridgehead atoms. The third kappa shape index (κ3) is 2.90. The molecule has 0 spiro atoms. The number of hydrogen-bond donors (Lipinski definition) is 2. The summed E-state index contributed by atoms with van der Waals surface area (Å²) in [6.07, 6.45) is 2.04. The zero-order chi connectivity index (χ0) is 14.9. The number of nitrogens with one attached hydrogen (secondary N) is 1. The molecule has 0 aliphatic heterocycles. The zero-order valence-corrected chi connectivity index (χ0v) is 12.9. The molecular weight excluding hydrogens is 274 g/mol. The van der Waals surface area contributed by atoms with Crippen molar-refractivity contribution in [3.63, 3.8) is 0 Å². The molecule has 0 radical (unpaired) electrons. The summed E-state index contributed by atoms with van der Waals surface area (Å²) in [6.45, 7) is 8.07. The van der Waals surface area contributed by atoms with E-state index in [1.54, 1.807) is 11.3 Å². The number of aromatic nitrogens is 2. The molecular formula is C14H19N3O2S. The molecule has 2 aromatic rings. The van der Waals surface area contributed by atoms with E-state index in [2.05, 4.69) is 15.3 Å². The monoisotopic (exact) mass is 293 g/mol. The Hall–Kier alpha value is -1.69. The van der Waals surface area contributed by atoms with Crippen molar-refractivity contribution in [2.45, 2.75) is 40.2 Å². The molecule has 108 valence electrons. The first-order chi connectivity index (χ1) is 9.40. The lowest BCUT2D eigenvalue weighted by atomic mass is 10.0. The smallest absolute Gasteiger partial charge is 0.326 e. The summed E-state index contributed by atoms with van der Waals surface area (Å²) in [7, 11) is 0. The lowest BCUT2D eigenvalue weighted by Gasteiger charge is -2.17. The molecule has 2 heterocycles. The van der Waals surface area contributed by atoms with Crippen LogP contribution < -0.4 is 5.32 Å². The first kappa shape index (κ1) is 14.7. The molecule has 0 amide bonds. The number of carbonyl (C=O) groups is 1. The van der Waals surface area contributed by atoms with Crippen molar-refractivity contribution in [3.8, 4) is 0 Å². The Kier molecular flexibility index (Phi) is 4.23. The highest BCUT2D eigenvalue weighted by atomic mass is 32.1. The molecule has 2 N–H and O–H groups in total. The third-order valence-electron chi connectivity index (χ3n) is 3.28. The van der Waals surface area contributed by atoms with Crippen LogP contribution in [0.4, 0.5) is 5.82 Å². The van der Waals surface area contributed by atoms with Crippen LogP contribution in [-0.4, -0.2) is 27.1 Å². The van der Waals surface area contributed by atoms with Gasteiger partial charge in [-0.3, -0.25) is 0 Å². The number of thiophene rings is 1. The average Bonchev–Trinajstić information content (AvgIpc) is 2.64. The van der Waals surface area contributed by atoms with Gasteiger partial charge in [-0.25, -0.2) is 14.8 Å². The molecule has 0 aliphatic rings. The van der Waals surface area contributed by atoms with Gasteiger partial charge in [-0.2, -0.15) is 0 Å². The standard InChI is InChI=1S/C14H19N3O2S/c1-7(2)5-10(14(18)19)17-12-11-8(3)9(4)20-13(11)16-6-15-12/h6-7,10H,5H2,1-4H3,(H,18,19)(H,15,16,17)/t10-/m0/s1. The molecule has 0 saturated carbocycles. The van der Waals surface area contributed by atoms with Crippen molar-refractivity contribution >= 4 is 33.3 Å². The van der Waals surface area contributed by atoms with E-state index < -0.39 is 12.0 Å². The van der Waals surface area contributed by atoms with E-state index in [1.165, 1.54) is 11.2 Å². The van der Waals surface area contributed by atoms with Crippen LogP contribution in [0.5, 0.6) is 0 Å². The van der Waals surface area contributed by atoms with Crippen LogP contribution in [0.3, 0.4) is 0 Å². The normalized spacial score (nSPS) is 12.8. The quantitative estimate of drug-likeness (QED) is 0.885. The average molecular weight is 293 g/mol. The van der Waals surface area contributed by atoms with Crippen LogP contribution in [0, 0.1) is 19.8 Å². The van der Waals surface area contributed by atoms with Crippen molar-refractivity contribution < 1.29 is 9.90 Å². The number of anilines is 1. The summed E-state index contributed by atoms with van der Waals surface area (Å²) in [5, 5.41) is 13.3. The number of fused-ring (bicyclic) bond motifs is 1. The first-order valence-corrected chi connectivity index (χ1v) is 7.41. The van der Waals surface area contributed by atoms with E-state index in [0.29, 0.717) is 18.2 Å². The molecule has 2 aromatic heterocycles. The van der Waals surface area contributed by atoms with Gasteiger partial charge in [0.2, 0.25) is 0 Å². The van der Waals surface area contributed by atoms with Gasteiger partial charge in [0.1, 0.15) is 23.0 Å². The maximum absolute atomic E-state index is 11.4. The minimum atomic E-state index is -0.852. The largest absolute Gasteiger partial charge is 0.480 e. The number of rotatable bonds is 5. The van der Waals surface area contributed by atoms with Crippen LogP contribution in [0.15, 0.2) is 6.33 Å². The van der Waals surface area contributed by atoms with Gasteiger partial charge in [-0.15, -0.1) is 11.3 Å². The molecule has 0 aromatic carbocycles. The van der Waals surface area contributed by atoms with E-state index in [-0.39, 0.29) is 0 Å². The van der Waals surface area contributed by atoms with Gasteiger partial charge in [0.25, 0.3) is 0 Å². The fraction of sp³-hybridized carbons (Fsp3) is 0.500.